The number of nitrogens with one attached hydrogen (secondary N) is 1. The van der Waals surface area contributed by atoms with Crippen LogP contribution in [0.1, 0.15) is 31.2 Å². The molecule has 0 aromatic heterocycles. The van der Waals surface area contributed by atoms with Gasteiger partial charge in [0.1, 0.15) is 0 Å². The van der Waals surface area contributed by atoms with E-state index in [1.54, 1.807) is 0 Å². The molecule has 142 valence electrons. The lowest BCUT2D eigenvalue weighted by atomic mass is 10.0. The van der Waals surface area contributed by atoms with Crippen LogP contribution in [0.15, 0.2) is 35.5 Å². The second kappa shape index (κ2) is 9.40. The topological polar surface area (TPSA) is 61.6 Å². The summed E-state index contributed by atoms with van der Waals surface area (Å²) in [7, 11) is 0. The molecule has 0 unspecified atom stereocenters. The molecule has 1 aromatic carbocycles. The van der Waals surface area contributed by atoms with Gasteiger partial charge in [-0.05, 0) is 50.0 Å². The van der Waals surface area contributed by atoms with Crippen LogP contribution in [0.25, 0.3) is 0 Å². The number of carbonyl (C=O) groups excluding carboxylic acids is 1. The predicted molar refractivity (Wildman–Crippen MR) is 106 cm³/mol. The molecule has 0 aliphatic carbocycles. The number of amides is 1. The van der Waals surface area contributed by atoms with Gasteiger partial charge in [0.25, 0.3) is 0 Å². The molecule has 0 radical (unpaired) electrons. The SMILES string of the molecule is NC1=C(C(=O)NCCN2CCCCC2)CCN(Cc2cccc(Cl)c2)C1. The maximum Gasteiger partial charge on any atom is 0.249 e. The van der Waals surface area contributed by atoms with Crippen LogP contribution in [0.4, 0.5) is 0 Å². The Morgan fingerprint density at radius 3 is 2.69 bits per heavy atom. The van der Waals surface area contributed by atoms with Gasteiger partial charge in [0, 0.05) is 49.0 Å². The lowest BCUT2D eigenvalue weighted by Crippen LogP contribution is -2.41. The number of hydrogen-bond acceptors (Lipinski definition) is 4. The molecule has 3 rings (SSSR count). The molecule has 2 aliphatic rings. The average molecular weight is 377 g/mol. The van der Waals surface area contributed by atoms with Crippen LogP contribution < -0.4 is 11.1 Å². The lowest BCUT2D eigenvalue weighted by Gasteiger charge is -2.29. The number of benzene rings is 1. The van der Waals surface area contributed by atoms with Crippen LogP contribution in [0.3, 0.4) is 0 Å². The molecule has 2 aliphatic heterocycles. The maximum atomic E-state index is 12.5. The molecular formula is C20H29ClN4O. The van der Waals surface area contributed by atoms with E-state index in [0.29, 0.717) is 25.2 Å². The van der Waals surface area contributed by atoms with Gasteiger partial charge >= 0.3 is 0 Å². The van der Waals surface area contributed by atoms with E-state index in [4.69, 9.17) is 17.3 Å². The summed E-state index contributed by atoms with van der Waals surface area (Å²) in [6, 6.07) is 7.88. The Morgan fingerprint density at radius 1 is 1.15 bits per heavy atom. The fourth-order valence-electron chi connectivity index (χ4n) is 3.75. The van der Waals surface area contributed by atoms with Crippen LogP contribution in [-0.2, 0) is 11.3 Å². The molecule has 1 saturated heterocycles. The Hall–Kier alpha value is -1.56. The number of piperidine rings is 1. The molecule has 1 fully saturated rings. The smallest absolute Gasteiger partial charge is 0.249 e. The minimum Gasteiger partial charge on any atom is -0.401 e. The average Bonchev–Trinajstić information content (AvgIpc) is 2.62. The summed E-state index contributed by atoms with van der Waals surface area (Å²) in [5.74, 6) is 0.00177. The zero-order chi connectivity index (χ0) is 18.4. The summed E-state index contributed by atoms with van der Waals surface area (Å²) in [4.78, 5) is 17.1. The summed E-state index contributed by atoms with van der Waals surface area (Å²) in [6.07, 6.45) is 4.57. The molecular weight excluding hydrogens is 348 g/mol. The van der Waals surface area contributed by atoms with E-state index < -0.39 is 0 Å². The quantitative estimate of drug-likeness (QED) is 0.800. The van der Waals surface area contributed by atoms with Crippen molar-refractivity contribution in [1.29, 1.82) is 0 Å². The van der Waals surface area contributed by atoms with E-state index in [1.807, 2.05) is 18.2 Å². The number of likely N-dealkylation sites (tertiary alicyclic amines) is 1. The van der Waals surface area contributed by atoms with Gasteiger partial charge in [-0.15, -0.1) is 0 Å². The highest BCUT2D eigenvalue weighted by Gasteiger charge is 2.22. The second-order valence-electron chi connectivity index (χ2n) is 7.25. The molecule has 0 saturated carbocycles. The number of nitrogens with two attached hydrogens (primary N) is 1. The standard InChI is InChI=1S/C20H29ClN4O/c21-17-6-4-5-16(13-17)14-25-11-7-18(19(22)15-25)20(26)23-8-12-24-9-2-1-3-10-24/h4-6,13H,1-3,7-12,14-15,22H2,(H,23,26). The van der Waals surface area contributed by atoms with E-state index in [9.17, 15) is 4.79 Å². The highest BCUT2D eigenvalue weighted by molar-refractivity contribution is 6.30. The van der Waals surface area contributed by atoms with E-state index in [2.05, 4.69) is 21.2 Å². The van der Waals surface area contributed by atoms with Crippen molar-refractivity contribution in [3.05, 3.63) is 46.1 Å². The van der Waals surface area contributed by atoms with Gasteiger partial charge < -0.3 is 16.0 Å². The Kier molecular flexibility index (Phi) is 6.94. The Balaban J connectivity index is 1.46. The minimum absolute atomic E-state index is 0.00177. The highest BCUT2D eigenvalue weighted by Crippen LogP contribution is 2.19. The number of halogens is 1. The maximum absolute atomic E-state index is 12.5. The Bertz CT molecular complexity index is 655. The summed E-state index contributed by atoms with van der Waals surface area (Å²) in [5.41, 5.74) is 8.82. The Labute approximate surface area is 161 Å². The summed E-state index contributed by atoms with van der Waals surface area (Å²) < 4.78 is 0. The fraction of sp³-hybridized carbons (Fsp3) is 0.550. The molecule has 1 amide bonds. The Morgan fingerprint density at radius 2 is 1.96 bits per heavy atom. The molecule has 0 atom stereocenters. The third-order valence-corrected chi connectivity index (χ3v) is 5.43. The number of hydrogen-bond donors (Lipinski definition) is 2. The van der Waals surface area contributed by atoms with Gasteiger partial charge in [0.15, 0.2) is 0 Å². The van der Waals surface area contributed by atoms with Crippen molar-refractivity contribution in [1.82, 2.24) is 15.1 Å². The van der Waals surface area contributed by atoms with Gasteiger partial charge in [-0.25, -0.2) is 0 Å². The number of nitrogens with zero attached hydrogens (tertiary/aromatic N) is 2. The molecule has 26 heavy (non-hydrogen) atoms. The second-order valence-corrected chi connectivity index (χ2v) is 7.69. The van der Waals surface area contributed by atoms with Gasteiger partial charge in [-0.1, -0.05) is 30.2 Å². The van der Waals surface area contributed by atoms with Crippen molar-refractivity contribution in [2.45, 2.75) is 32.2 Å². The van der Waals surface area contributed by atoms with E-state index in [-0.39, 0.29) is 5.91 Å². The van der Waals surface area contributed by atoms with Crippen molar-refractivity contribution in [2.75, 3.05) is 39.3 Å². The van der Waals surface area contributed by atoms with Gasteiger partial charge in [-0.2, -0.15) is 0 Å². The van der Waals surface area contributed by atoms with Crippen molar-refractivity contribution in [3.8, 4) is 0 Å². The van der Waals surface area contributed by atoms with Gasteiger partial charge in [0.2, 0.25) is 5.91 Å². The molecule has 3 N–H and O–H groups in total. The number of rotatable bonds is 6. The van der Waals surface area contributed by atoms with Crippen molar-refractivity contribution in [2.24, 2.45) is 5.73 Å². The van der Waals surface area contributed by atoms with Crippen molar-refractivity contribution >= 4 is 17.5 Å². The van der Waals surface area contributed by atoms with Gasteiger partial charge in [0.05, 0.1) is 0 Å². The zero-order valence-corrected chi connectivity index (χ0v) is 16.1. The molecule has 6 heteroatoms. The minimum atomic E-state index is 0.00177. The third kappa shape index (κ3) is 5.47. The molecule has 5 nitrogen and oxygen atoms in total. The van der Waals surface area contributed by atoms with Crippen LogP contribution in [0.2, 0.25) is 5.02 Å². The summed E-state index contributed by atoms with van der Waals surface area (Å²) in [5, 5.41) is 3.79. The first-order valence-electron chi connectivity index (χ1n) is 9.56. The van der Waals surface area contributed by atoms with Gasteiger partial charge in [-0.3, -0.25) is 9.69 Å². The molecule has 0 bridgehead atoms. The monoisotopic (exact) mass is 376 g/mol. The summed E-state index contributed by atoms with van der Waals surface area (Å²) >= 11 is 6.05. The zero-order valence-electron chi connectivity index (χ0n) is 15.3. The molecule has 2 heterocycles. The van der Waals surface area contributed by atoms with E-state index in [1.165, 1.54) is 24.8 Å². The fourth-order valence-corrected chi connectivity index (χ4v) is 3.96. The molecule has 0 spiro atoms. The van der Waals surface area contributed by atoms with Crippen molar-refractivity contribution in [3.63, 3.8) is 0 Å². The first-order chi connectivity index (χ1) is 12.6. The first kappa shape index (κ1) is 19.2. The highest BCUT2D eigenvalue weighted by atomic mass is 35.5. The van der Waals surface area contributed by atoms with E-state index >= 15 is 0 Å². The van der Waals surface area contributed by atoms with Crippen LogP contribution in [0, 0.1) is 0 Å². The van der Waals surface area contributed by atoms with E-state index in [0.717, 1.165) is 43.3 Å². The van der Waals surface area contributed by atoms with Crippen LogP contribution in [0.5, 0.6) is 0 Å². The normalized spacial score (nSPS) is 19.6. The largest absolute Gasteiger partial charge is 0.401 e. The lowest BCUT2D eigenvalue weighted by molar-refractivity contribution is -0.117. The first-order valence-corrected chi connectivity index (χ1v) is 9.94. The third-order valence-electron chi connectivity index (χ3n) is 5.19. The van der Waals surface area contributed by atoms with Crippen LogP contribution >= 0.6 is 11.6 Å². The number of carbonyl (C=O) groups is 1. The van der Waals surface area contributed by atoms with Crippen molar-refractivity contribution < 1.29 is 4.79 Å². The predicted octanol–water partition coefficient (Wildman–Crippen LogP) is 2.36. The molecule has 1 aromatic rings. The summed E-state index contributed by atoms with van der Waals surface area (Å²) in [6.45, 7) is 6.19. The van der Waals surface area contributed by atoms with Crippen LogP contribution in [-0.4, -0.2) is 55.0 Å².